The first-order valence-corrected chi connectivity index (χ1v) is 5.70. The van der Waals surface area contributed by atoms with Crippen molar-refractivity contribution in [1.82, 2.24) is 0 Å². The van der Waals surface area contributed by atoms with Gasteiger partial charge in [-0.15, -0.1) is 0 Å². The molecular weight excluding hydrogens is 251 g/mol. The minimum absolute atomic E-state index is 0.274. The van der Waals surface area contributed by atoms with Crippen LogP contribution in [0.15, 0.2) is 36.4 Å². The van der Waals surface area contributed by atoms with Gasteiger partial charge in [0.05, 0.1) is 11.6 Å². The summed E-state index contributed by atoms with van der Waals surface area (Å²) < 4.78 is 13.2. The minimum Gasteiger partial charge on any atom is -0.355 e. The van der Waals surface area contributed by atoms with Crippen LogP contribution in [-0.2, 0) is 0 Å². The van der Waals surface area contributed by atoms with E-state index in [2.05, 4.69) is 5.32 Å². The van der Waals surface area contributed by atoms with Crippen molar-refractivity contribution in [1.29, 1.82) is 5.26 Å². The lowest BCUT2D eigenvalue weighted by molar-refractivity contribution is 0.628. The molecule has 0 spiro atoms. The van der Waals surface area contributed by atoms with Crippen molar-refractivity contribution < 1.29 is 4.39 Å². The summed E-state index contributed by atoms with van der Waals surface area (Å²) in [6.45, 7) is 1.90. The molecule has 0 saturated carbocycles. The third kappa shape index (κ3) is 2.79. The Labute approximate surface area is 110 Å². The van der Waals surface area contributed by atoms with E-state index in [-0.39, 0.29) is 5.56 Å². The second-order valence-corrected chi connectivity index (χ2v) is 4.34. The van der Waals surface area contributed by atoms with Crippen LogP contribution in [0.5, 0.6) is 0 Å². The molecular formula is C14H10ClFN2. The fraction of sp³-hybridized carbons (Fsp3) is 0.0714. The Hall–Kier alpha value is -2.05. The summed E-state index contributed by atoms with van der Waals surface area (Å²) in [7, 11) is 0. The van der Waals surface area contributed by atoms with Gasteiger partial charge in [0, 0.05) is 16.4 Å². The number of benzene rings is 2. The molecule has 0 atom stereocenters. The molecule has 2 aromatic rings. The zero-order valence-electron chi connectivity index (χ0n) is 9.67. The van der Waals surface area contributed by atoms with E-state index in [0.29, 0.717) is 10.7 Å². The van der Waals surface area contributed by atoms with Crippen LogP contribution in [0.2, 0.25) is 5.02 Å². The lowest BCUT2D eigenvalue weighted by Gasteiger charge is -2.08. The maximum Gasteiger partial charge on any atom is 0.126 e. The van der Waals surface area contributed by atoms with Gasteiger partial charge in [0.2, 0.25) is 0 Å². The maximum atomic E-state index is 13.2. The van der Waals surface area contributed by atoms with Gasteiger partial charge in [-0.3, -0.25) is 0 Å². The van der Waals surface area contributed by atoms with Crippen LogP contribution in [0.25, 0.3) is 0 Å². The number of nitrogens with one attached hydrogen (secondary N) is 1. The van der Waals surface area contributed by atoms with Crippen LogP contribution in [0.4, 0.5) is 15.8 Å². The van der Waals surface area contributed by atoms with E-state index in [9.17, 15) is 4.39 Å². The highest BCUT2D eigenvalue weighted by Crippen LogP contribution is 2.24. The van der Waals surface area contributed by atoms with E-state index < -0.39 is 5.82 Å². The van der Waals surface area contributed by atoms with E-state index in [0.717, 1.165) is 11.3 Å². The Morgan fingerprint density at radius 2 is 1.94 bits per heavy atom. The number of nitriles is 1. The maximum absolute atomic E-state index is 13.2. The molecule has 0 aliphatic heterocycles. The van der Waals surface area contributed by atoms with Crippen molar-refractivity contribution in [3.05, 3.63) is 58.4 Å². The molecule has 0 amide bonds. The first-order chi connectivity index (χ1) is 8.58. The third-order valence-electron chi connectivity index (χ3n) is 2.49. The Balaban J connectivity index is 2.31. The van der Waals surface area contributed by atoms with Gasteiger partial charge < -0.3 is 5.32 Å². The highest BCUT2D eigenvalue weighted by atomic mass is 35.5. The van der Waals surface area contributed by atoms with Crippen LogP contribution in [0.3, 0.4) is 0 Å². The van der Waals surface area contributed by atoms with Gasteiger partial charge in [0.25, 0.3) is 0 Å². The number of aryl methyl sites for hydroxylation is 1. The molecule has 90 valence electrons. The molecule has 1 N–H and O–H groups in total. The van der Waals surface area contributed by atoms with Gasteiger partial charge in [-0.25, -0.2) is 4.39 Å². The molecule has 2 rings (SSSR count). The first-order valence-electron chi connectivity index (χ1n) is 5.32. The van der Waals surface area contributed by atoms with Crippen molar-refractivity contribution in [3.63, 3.8) is 0 Å². The molecule has 0 radical (unpaired) electrons. The van der Waals surface area contributed by atoms with E-state index >= 15 is 0 Å². The van der Waals surface area contributed by atoms with Crippen LogP contribution in [-0.4, -0.2) is 0 Å². The summed E-state index contributed by atoms with van der Waals surface area (Å²) in [5.74, 6) is -0.449. The Kier molecular flexibility index (Phi) is 3.50. The summed E-state index contributed by atoms with van der Waals surface area (Å²) in [6, 6.07) is 11.5. The van der Waals surface area contributed by atoms with Crippen molar-refractivity contribution in [2.24, 2.45) is 0 Å². The second kappa shape index (κ2) is 5.07. The monoisotopic (exact) mass is 260 g/mol. The number of hydrogen-bond donors (Lipinski definition) is 1. The van der Waals surface area contributed by atoms with E-state index in [1.165, 1.54) is 12.1 Å². The van der Waals surface area contributed by atoms with Gasteiger partial charge in [-0.1, -0.05) is 17.7 Å². The summed E-state index contributed by atoms with van der Waals surface area (Å²) in [6.07, 6.45) is 0. The van der Waals surface area contributed by atoms with Gasteiger partial charge in [-0.2, -0.15) is 5.26 Å². The molecule has 2 nitrogen and oxygen atoms in total. The number of hydrogen-bond acceptors (Lipinski definition) is 2. The third-order valence-corrected chi connectivity index (χ3v) is 2.89. The molecule has 0 saturated heterocycles. The Bertz CT molecular complexity index is 632. The summed E-state index contributed by atoms with van der Waals surface area (Å²) >= 11 is 6.00. The molecule has 0 aliphatic rings. The van der Waals surface area contributed by atoms with Crippen molar-refractivity contribution in [3.8, 4) is 6.07 Å². The van der Waals surface area contributed by atoms with E-state index in [1.54, 1.807) is 12.1 Å². The lowest BCUT2D eigenvalue weighted by atomic mass is 10.2. The van der Waals surface area contributed by atoms with Crippen molar-refractivity contribution in [2.45, 2.75) is 6.92 Å². The zero-order chi connectivity index (χ0) is 13.1. The first kappa shape index (κ1) is 12.4. The number of halogens is 2. The van der Waals surface area contributed by atoms with Gasteiger partial charge >= 0.3 is 0 Å². The second-order valence-electron chi connectivity index (χ2n) is 3.93. The molecule has 0 bridgehead atoms. The summed E-state index contributed by atoms with van der Waals surface area (Å²) in [5, 5.41) is 12.4. The molecule has 0 fully saturated rings. The number of rotatable bonds is 2. The van der Waals surface area contributed by atoms with Gasteiger partial charge in [0.15, 0.2) is 0 Å². The molecule has 0 aromatic heterocycles. The standard InChI is InChI=1S/C14H10ClFN2/c1-9-2-3-12(7-14(9)15)18-13-5-10(8-17)4-11(16)6-13/h2-7,18H,1H3. The molecule has 18 heavy (non-hydrogen) atoms. The smallest absolute Gasteiger partial charge is 0.126 e. The predicted octanol–water partition coefficient (Wildman–Crippen LogP) is 4.40. The molecule has 0 heterocycles. The minimum atomic E-state index is -0.449. The fourth-order valence-electron chi connectivity index (χ4n) is 1.56. The predicted molar refractivity (Wildman–Crippen MR) is 70.6 cm³/mol. The van der Waals surface area contributed by atoms with E-state index in [4.69, 9.17) is 16.9 Å². The average molecular weight is 261 g/mol. The average Bonchev–Trinajstić information content (AvgIpc) is 2.33. The Morgan fingerprint density at radius 1 is 1.17 bits per heavy atom. The highest BCUT2D eigenvalue weighted by molar-refractivity contribution is 6.31. The SMILES string of the molecule is Cc1ccc(Nc2cc(F)cc(C#N)c2)cc1Cl. The molecule has 0 unspecified atom stereocenters. The largest absolute Gasteiger partial charge is 0.355 e. The van der Waals surface area contributed by atoms with Gasteiger partial charge in [0.1, 0.15) is 5.82 Å². The normalized spacial score (nSPS) is 9.89. The lowest BCUT2D eigenvalue weighted by Crippen LogP contribution is -1.93. The topological polar surface area (TPSA) is 35.8 Å². The van der Waals surface area contributed by atoms with Crippen LogP contribution in [0.1, 0.15) is 11.1 Å². The summed E-state index contributed by atoms with van der Waals surface area (Å²) in [5.41, 5.74) is 2.52. The van der Waals surface area contributed by atoms with E-state index in [1.807, 2.05) is 25.1 Å². The Morgan fingerprint density at radius 3 is 2.61 bits per heavy atom. The quantitative estimate of drug-likeness (QED) is 0.869. The molecule has 0 aliphatic carbocycles. The zero-order valence-corrected chi connectivity index (χ0v) is 10.4. The number of nitrogens with zero attached hydrogens (tertiary/aromatic N) is 1. The van der Waals surface area contributed by atoms with Crippen LogP contribution < -0.4 is 5.32 Å². The molecule has 4 heteroatoms. The van der Waals surface area contributed by atoms with Crippen LogP contribution in [0, 0.1) is 24.1 Å². The van der Waals surface area contributed by atoms with Crippen molar-refractivity contribution in [2.75, 3.05) is 5.32 Å². The fourth-order valence-corrected chi connectivity index (χ4v) is 1.74. The van der Waals surface area contributed by atoms with Gasteiger partial charge in [-0.05, 0) is 42.8 Å². The van der Waals surface area contributed by atoms with Crippen LogP contribution >= 0.6 is 11.6 Å². The molecule has 2 aromatic carbocycles. The highest BCUT2D eigenvalue weighted by Gasteiger charge is 2.02. The van der Waals surface area contributed by atoms with Crippen molar-refractivity contribution >= 4 is 23.0 Å². The summed E-state index contributed by atoms with van der Waals surface area (Å²) in [4.78, 5) is 0. The number of anilines is 2.